The Hall–Kier alpha value is -3.59. The molecule has 0 atom stereocenters. The average Bonchev–Trinajstić information content (AvgIpc) is 3.32. The Balaban J connectivity index is 1.59. The molecule has 0 bridgehead atoms. The Morgan fingerprint density at radius 3 is 2.96 bits per heavy atom. The Morgan fingerprint density at radius 1 is 1.14 bits per heavy atom. The molecule has 4 heterocycles. The quantitative estimate of drug-likeness (QED) is 0.484. The summed E-state index contributed by atoms with van der Waals surface area (Å²) in [5.74, 6) is 0.238. The molecule has 5 aromatic rings. The first-order chi connectivity index (χ1) is 13.7. The molecule has 0 saturated heterocycles. The van der Waals surface area contributed by atoms with E-state index in [1.54, 1.807) is 18.5 Å². The van der Waals surface area contributed by atoms with Crippen molar-refractivity contribution >= 4 is 34.2 Å². The number of halogens is 2. The summed E-state index contributed by atoms with van der Waals surface area (Å²) in [7, 11) is 0. The van der Waals surface area contributed by atoms with Gasteiger partial charge in [-0.3, -0.25) is 0 Å². The molecule has 0 radical (unpaired) electrons. The minimum atomic E-state index is -0.343. The van der Waals surface area contributed by atoms with E-state index in [1.165, 1.54) is 29.2 Å². The number of anilines is 1. The van der Waals surface area contributed by atoms with Gasteiger partial charge in [-0.2, -0.15) is 5.10 Å². The average molecular weight is 395 g/mol. The van der Waals surface area contributed by atoms with Crippen LogP contribution in [0, 0.1) is 5.82 Å². The van der Waals surface area contributed by atoms with Crippen molar-refractivity contribution in [3.05, 3.63) is 65.7 Å². The molecule has 1 aromatic carbocycles. The molecule has 4 aromatic heterocycles. The van der Waals surface area contributed by atoms with Gasteiger partial charge in [-0.05, 0) is 18.2 Å². The Bertz CT molecular complexity index is 1310. The maximum absolute atomic E-state index is 13.8. The number of nitrogens with one attached hydrogen (secondary N) is 2. The first-order valence-electron chi connectivity index (χ1n) is 8.36. The third kappa shape index (κ3) is 2.81. The van der Waals surface area contributed by atoms with E-state index in [0.717, 1.165) is 5.56 Å². The fourth-order valence-corrected chi connectivity index (χ4v) is 3.18. The van der Waals surface area contributed by atoms with Crippen LogP contribution in [0.4, 0.5) is 10.2 Å². The highest BCUT2D eigenvalue weighted by molar-refractivity contribution is 6.29. The largest absolute Gasteiger partial charge is 0.364 e. The molecule has 10 heteroatoms. The summed E-state index contributed by atoms with van der Waals surface area (Å²) >= 11 is 6.16. The number of H-pyrrole nitrogens is 1. The van der Waals surface area contributed by atoms with Crippen molar-refractivity contribution in [1.82, 2.24) is 34.5 Å². The molecule has 0 spiro atoms. The van der Waals surface area contributed by atoms with Crippen molar-refractivity contribution in [2.75, 3.05) is 5.32 Å². The molecular formula is C18H12ClFN8. The van der Waals surface area contributed by atoms with Gasteiger partial charge < -0.3 is 10.3 Å². The number of imidazole rings is 2. The predicted molar refractivity (Wildman–Crippen MR) is 102 cm³/mol. The molecule has 0 unspecified atom stereocenters. The highest BCUT2D eigenvalue weighted by Crippen LogP contribution is 2.26. The van der Waals surface area contributed by atoms with Gasteiger partial charge in [0.2, 0.25) is 0 Å². The summed E-state index contributed by atoms with van der Waals surface area (Å²) in [5, 5.41) is 8.20. The van der Waals surface area contributed by atoms with Gasteiger partial charge in [0.25, 0.3) is 0 Å². The molecule has 0 aliphatic carbocycles. The van der Waals surface area contributed by atoms with Crippen LogP contribution < -0.4 is 5.32 Å². The van der Waals surface area contributed by atoms with Crippen molar-refractivity contribution in [3.8, 4) is 11.3 Å². The Labute approximate surface area is 162 Å². The predicted octanol–water partition coefficient (Wildman–Crippen LogP) is 3.47. The molecule has 0 saturated carbocycles. The number of rotatable bonds is 4. The van der Waals surface area contributed by atoms with E-state index in [1.807, 2.05) is 6.07 Å². The van der Waals surface area contributed by atoms with Crippen LogP contribution in [-0.2, 0) is 6.54 Å². The first-order valence-corrected chi connectivity index (χ1v) is 8.74. The number of benzene rings is 1. The zero-order chi connectivity index (χ0) is 19.1. The lowest BCUT2D eigenvalue weighted by molar-refractivity contribution is 0.628. The number of nitrogens with zero attached hydrogens (tertiary/aromatic N) is 6. The van der Waals surface area contributed by atoms with Crippen LogP contribution in [-0.4, -0.2) is 34.5 Å². The number of hydrogen-bond donors (Lipinski definition) is 2. The zero-order valence-corrected chi connectivity index (χ0v) is 15.0. The third-order valence-electron chi connectivity index (χ3n) is 4.29. The molecule has 0 aliphatic heterocycles. The first kappa shape index (κ1) is 16.6. The number of aromatic amines is 1. The lowest BCUT2D eigenvalue weighted by Crippen LogP contribution is -2.07. The van der Waals surface area contributed by atoms with E-state index in [2.05, 4.69) is 35.3 Å². The normalized spacial score (nSPS) is 11.4. The van der Waals surface area contributed by atoms with Crippen molar-refractivity contribution < 1.29 is 4.39 Å². The van der Waals surface area contributed by atoms with Crippen LogP contribution in [0.15, 0.2) is 49.2 Å². The van der Waals surface area contributed by atoms with Gasteiger partial charge in [0.1, 0.15) is 17.7 Å². The van der Waals surface area contributed by atoms with E-state index in [-0.39, 0.29) is 5.82 Å². The van der Waals surface area contributed by atoms with Crippen LogP contribution in [0.2, 0.25) is 5.15 Å². The highest BCUT2D eigenvalue weighted by Gasteiger charge is 2.14. The number of fused-ring (bicyclic) bond motifs is 2. The van der Waals surface area contributed by atoms with E-state index >= 15 is 0 Å². The highest BCUT2D eigenvalue weighted by atomic mass is 35.5. The fraction of sp³-hybridized carbons (Fsp3) is 0.0556. The van der Waals surface area contributed by atoms with E-state index in [4.69, 9.17) is 11.6 Å². The lowest BCUT2D eigenvalue weighted by Gasteiger charge is -2.12. The van der Waals surface area contributed by atoms with Gasteiger partial charge in [-0.15, -0.1) is 0 Å². The van der Waals surface area contributed by atoms with E-state index in [9.17, 15) is 4.39 Å². The monoisotopic (exact) mass is 394 g/mol. The van der Waals surface area contributed by atoms with Gasteiger partial charge >= 0.3 is 0 Å². The maximum atomic E-state index is 13.8. The van der Waals surface area contributed by atoms with Crippen molar-refractivity contribution in [2.24, 2.45) is 0 Å². The van der Waals surface area contributed by atoms with Crippen LogP contribution in [0.1, 0.15) is 5.56 Å². The van der Waals surface area contributed by atoms with E-state index < -0.39 is 0 Å². The van der Waals surface area contributed by atoms with Gasteiger partial charge in [-0.25, -0.2) is 28.8 Å². The molecule has 5 rings (SSSR count). The molecule has 28 heavy (non-hydrogen) atoms. The summed E-state index contributed by atoms with van der Waals surface area (Å²) in [6.07, 6.45) is 4.53. The summed E-state index contributed by atoms with van der Waals surface area (Å²) in [6, 6.07) is 8.11. The van der Waals surface area contributed by atoms with Gasteiger partial charge in [0.15, 0.2) is 22.3 Å². The SMILES string of the molecule is Fc1cccc(-c2nn3c(Cl)cnc3cc2CNc2ncnc3[nH]cnc23)c1. The van der Waals surface area contributed by atoms with Crippen LogP contribution in [0.5, 0.6) is 0 Å². The molecule has 0 aliphatic rings. The molecule has 2 N–H and O–H groups in total. The fourth-order valence-electron chi connectivity index (χ4n) is 3.01. The topological polar surface area (TPSA) is 96.7 Å². The van der Waals surface area contributed by atoms with E-state index in [0.29, 0.717) is 45.6 Å². The summed E-state index contributed by atoms with van der Waals surface area (Å²) in [6.45, 7) is 0.374. The standard InChI is InChI=1S/C18H12ClFN8/c19-13-7-21-14-5-11(6-22-17-16-18(24-8-23-16)26-9-25-17)15(27-28(13)14)10-2-1-3-12(20)4-10/h1-5,7-9H,6H2,(H2,22,23,24,25,26). The molecule has 0 fully saturated rings. The molecule has 138 valence electrons. The van der Waals surface area contributed by atoms with Gasteiger partial charge in [-0.1, -0.05) is 23.7 Å². The minimum absolute atomic E-state index is 0.343. The number of hydrogen-bond acceptors (Lipinski definition) is 6. The zero-order valence-electron chi connectivity index (χ0n) is 14.3. The van der Waals surface area contributed by atoms with Crippen LogP contribution in [0.25, 0.3) is 28.1 Å². The van der Waals surface area contributed by atoms with Crippen molar-refractivity contribution in [3.63, 3.8) is 0 Å². The molecular weight excluding hydrogens is 383 g/mol. The molecule has 0 amide bonds. The van der Waals surface area contributed by atoms with Gasteiger partial charge in [0, 0.05) is 17.7 Å². The van der Waals surface area contributed by atoms with Crippen LogP contribution >= 0.6 is 11.6 Å². The Morgan fingerprint density at radius 2 is 2.07 bits per heavy atom. The molecule has 8 nitrogen and oxygen atoms in total. The second-order valence-electron chi connectivity index (χ2n) is 6.06. The van der Waals surface area contributed by atoms with Crippen molar-refractivity contribution in [1.29, 1.82) is 0 Å². The summed E-state index contributed by atoms with van der Waals surface area (Å²) < 4.78 is 15.3. The Kier molecular flexibility index (Phi) is 3.87. The van der Waals surface area contributed by atoms with Crippen molar-refractivity contribution in [2.45, 2.75) is 6.54 Å². The van der Waals surface area contributed by atoms with Crippen LogP contribution in [0.3, 0.4) is 0 Å². The third-order valence-corrected chi connectivity index (χ3v) is 4.55. The second-order valence-corrected chi connectivity index (χ2v) is 6.44. The summed E-state index contributed by atoms with van der Waals surface area (Å²) in [5.41, 5.74) is 3.89. The minimum Gasteiger partial charge on any atom is -0.364 e. The van der Waals surface area contributed by atoms with Gasteiger partial charge in [0.05, 0.1) is 18.2 Å². The maximum Gasteiger partial charge on any atom is 0.162 e. The lowest BCUT2D eigenvalue weighted by atomic mass is 10.1. The smallest absolute Gasteiger partial charge is 0.162 e. The summed E-state index contributed by atoms with van der Waals surface area (Å²) in [4.78, 5) is 19.8. The number of aromatic nitrogens is 7. The second kappa shape index (κ2) is 6.54.